The van der Waals surface area contributed by atoms with Crippen LogP contribution in [0.25, 0.3) is 0 Å². The Hall–Kier alpha value is -0.0500. The zero-order valence-electron chi connectivity index (χ0n) is 10.3. The molecule has 2 unspecified atom stereocenters. The van der Waals surface area contributed by atoms with Crippen LogP contribution in [0.5, 0.6) is 0 Å². The van der Waals surface area contributed by atoms with Gasteiger partial charge in [0.1, 0.15) is 0 Å². The maximum Gasteiger partial charge on any atom is 0.0467 e. The summed E-state index contributed by atoms with van der Waals surface area (Å²) in [5, 5.41) is 0.781. The monoisotopic (exact) mass is 315 g/mol. The molecule has 3 heteroatoms. The first-order valence-corrected chi connectivity index (χ1v) is 7.33. The van der Waals surface area contributed by atoms with Gasteiger partial charge in [-0.3, -0.25) is 0 Å². The molecule has 0 spiro atoms. The van der Waals surface area contributed by atoms with E-state index in [0.717, 1.165) is 27.9 Å². The van der Waals surface area contributed by atoms with Gasteiger partial charge in [-0.2, -0.15) is 0 Å². The standard InChI is InChI=1S/C14H19BrClN/c1-9-6-10(2)8-14(17,7-9)13-11(15)4-3-5-12(13)16/h3-5,9-10H,6-8,17H2,1-2H3. The van der Waals surface area contributed by atoms with Gasteiger partial charge in [0.2, 0.25) is 0 Å². The molecule has 1 aromatic rings. The zero-order valence-corrected chi connectivity index (χ0v) is 12.7. The van der Waals surface area contributed by atoms with Crippen LogP contribution in [-0.4, -0.2) is 0 Å². The summed E-state index contributed by atoms with van der Waals surface area (Å²) < 4.78 is 1.04. The molecule has 1 fully saturated rings. The van der Waals surface area contributed by atoms with Crippen LogP contribution in [0.15, 0.2) is 22.7 Å². The Morgan fingerprint density at radius 3 is 2.41 bits per heavy atom. The highest BCUT2D eigenvalue weighted by Gasteiger charge is 2.38. The minimum atomic E-state index is -0.283. The van der Waals surface area contributed by atoms with Gasteiger partial charge >= 0.3 is 0 Å². The van der Waals surface area contributed by atoms with Gasteiger partial charge in [0, 0.05) is 20.6 Å². The number of halogens is 2. The average Bonchev–Trinajstić information content (AvgIpc) is 2.13. The number of hydrogen-bond donors (Lipinski definition) is 1. The van der Waals surface area contributed by atoms with Gasteiger partial charge in [-0.1, -0.05) is 47.4 Å². The van der Waals surface area contributed by atoms with Crippen molar-refractivity contribution in [2.24, 2.45) is 17.6 Å². The van der Waals surface area contributed by atoms with Crippen molar-refractivity contribution < 1.29 is 0 Å². The molecule has 2 atom stereocenters. The van der Waals surface area contributed by atoms with Crippen molar-refractivity contribution in [1.82, 2.24) is 0 Å². The van der Waals surface area contributed by atoms with Crippen molar-refractivity contribution in [2.45, 2.75) is 38.6 Å². The normalized spacial score (nSPS) is 33.7. The van der Waals surface area contributed by atoms with Crippen molar-refractivity contribution in [2.75, 3.05) is 0 Å². The average molecular weight is 317 g/mol. The largest absolute Gasteiger partial charge is 0.321 e. The highest BCUT2D eigenvalue weighted by atomic mass is 79.9. The molecule has 17 heavy (non-hydrogen) atoms. The fourth-order valence-corrected chi connectivity index (χ4v) is 4.60. The number of hydrogen-bond acceptors (Lipinski definition) is 1. The lowest BCUT2D eigenvalue weighted by Gasteiger charge is -2.41. The lowest BCUT2D eigenvalue weighted by molar-refractivity contribution is 0.183. The number of benzene rings is 1. The van der Waals surface area contributed by atoms with Gasteiger partial charge in [0.15, 0.2) is 0 Å². The fraction of sp³-hybridized carbons (Fsp3) is 0.571. The van der Waals surface area contributed by atoms with E-state index in [-0.39, 0.29) is 5.54 Å². The molecule has 94 valence electrons. The van der Waals surface area contributed by atoms with Crippen LogP contribution in [0.4, 0.5) is 0 Å². The van der Waals surface area contributed by atoms with Crippen molar-refractivity contribution in [3.05, 3.63) is 33.3 Å². The summed E-state index contributed by atoms with van der Waals surface area (Å²) >= 11 is 9.93. The van der Waals surface area contributed by atoms with Gasteiger partial charge in [0.05, 0.1) is 0 Å². The van der Waals surface area contributed by atoms with Crippen LogP contribution in [0.1, 0.15) is 38.7 Å². The molecular weight excluding hydrogens is 298 g/mol. The van der Waals surface area contributed by atoms with E-state index in [9.17, 15) is 0 Å². The van der Waals surface area contributed by atoms with E-state index in [4.69, 9.17) is 17.3 Å². The van der Waals surface area contributed by atoms with Crippen LogP contribution in [0.3, 0.4) is 0 Å². The Morgan fingerprint density at radius 1 is 1.29 bits per heavy atom. The molecule has 0 bridgehead atoms. The maximum absolute atomic E-state index is 6.65. The molecule has 0 radical (unpaired) electrons. The summed E-state index contributed by atoms with van der Waals surface area (Å²) in [5.74, 6) is 1.32. The Labute approximate surface area is 117 Å². The molecule has 2 N–H and O–H groups in total. The Morgan fingerprint density at radius 2 is 1.88 bits per heavy atom. The van der Waals surface area contributed by atoms with Gasteiger partial charge < -0.3 is 5.73 Å². The second-order valence-electron chi connectivity index (χ2n) is 5.61. The molecule has 2 rings (SSSR count). The second-order valence-corrected chi connectivity index (χ2v) is 6.87. The number of rotatable bonds is 1. The molecule has 1 aromatic carbocycles. The van der Waals surface area contributed by atoms with Crippen molar-refractivity contribution in [1.29, 1.82) is 0 Å². The second kappa shape index (κ2) is 4.91. The van der Waals surface area contributed by atoms with Gasteiger partial charge in [-0.05, 0) is 43.2 Å². The minimum Gasteiger partial charge on any atom is -0.321 e. The molecule has 0 aliphatic heterocycles. The first kappa shape index (κ1) is 13.4. The van der Waals surface area contributed by atoms with Gasteiger partial charge in [0.25, 0.3) is 0 Å². The third kappa shape index (κ3) is 2.69. The van der Waals surface area contributed by atoms with E-state index in [1.54, 1.807) is 0 Å². The van der Waals surface area contributed by atoms with E-state index in [2.05, 4.69) is 29.8 Å². The molecule has 1 aliphatic carbocycles. The molecule has 1 nitrogen and oxygen atoms in total. The summed E-state index contributed by atoms with van der Waals surface area (Å²) in [7, 11) is 0. The highest BCUT2D eigenvalue weighted by molar-refractivity contribution is 9.10. The van der Waals surface area contributed by atoms with E-state index in [1.807, 2.05) is 18.2 Å². The Bertz CT molecular complexity index is 388. The Kier molecular flexibility index (Phi) is 3.86. The van der Waals surface area contributed by atoms with Crippen LogP contribution in [0, 0.1) is 11.8 Å². The van der Waals surface area contributed by atoms with Crippen LogP contribution >= 0.6 is 27.5 Å². The minimum absolute atomic E-state index is 0.283. The summed E-state index contributed by atoms with van der Waals surface area (Å²) in [6.45, 7) is 4.56. The van der Waals surface area contributed by atoms with E-state index < -0.39 is 0 Å². The van der Waals surface area contributed by atoms with Crippen LogP contribution < -0.4 is 5.73 Å². The van der Waals surface area contributed by atoms with E-state index in [0.29, 0.717) is 11.8 Å². The molecule has 0 saturated heterocycles. The fourth-order valence-electron chi connectivity index (χ4n) is 3.36. The van der Waals surface area contributed by atoms with Crippen molar-refractivity contribution in [3.63, 3.8) is 0 Å². The molecular formula is C14H19BrClN. The van der Waals surface area contributed by atoms with Crippen LogP contribution in [0.2, 0.25) is 5.02 Å². The summed E-state index contributed by atoms with van der Waals surface area (Å²) in [6, 6.07) is 5.91. The smallest absolute Gasteiger partial charge is 0.0467 e. The molecule has 0 heterocycles. The quantitative estimate of drug-likeness (QED) is 0.797. The predicted octanol–water partition coefficient (Wildman–Crippen LogP) is 4.71. The molecule has 1 aliphatic rings. The number of nitrogens with two attached hydrogens (primary N) is 1. The van der Waals surface area contributed by atoms with E-state index >= 15 is 0 Å². The van der Waals surface area contributed by atoms with Crippen molar-refractivity contribution >= 4 is 27.5 Å². The lowest BCUT2D eigenvalue weighted by atomic mass is 9.69. The Balaban J connectivity index is 2.43. The summed E-state index contributed by atoms with van der Waals surface area (Å²) in [6.07, 6.45) is 3.29. The lowest BCUT2D eigenvalue weighted by Crippen LogP contribution is -2.44. The van der Waals surface area contributed by atoms with Gasteiger partial charge in [-0.15, -0.1) is 0 Å². The van der Waals surface area contributed by atoms with Crippen molar-refractivity contribution in [3.8, 4) is 0 Å². The first-order chi connectivity index (χ1) is 7.92. The third-order valence-electron chi connectivity index (χ3n) is 3.69. The maximum atomic E-state index is 6.65. The SMILES string of the molecule is CC1CC(C)CC(N)(c2c(Cl)cccc2Br)C1. The predicted molar refractivity (Wildman–Crippen MR) is 77.2 cm³/mol. The van der Waals surface area contributed by atoms with Gasteiger partial charge in [-0.25, -0.2) is 0 Å². The third-order valence-corrected chi connectivity index (χ3v) is 4.67. The molecule has 1 saturated carbocycles. The topological polar surface area (TPSA) is 26.0 Å². The molecule has 0 aromatic heterocycles. The highest BCUT2D eigenvalue weighted by Crippen LogP contribution is 2.45. The zero-order chi connectivity index (χ0) is 12.6. The summed E-state index contributed by atoms with van der Waals surface area (Å²) in [4.78, 5) is 0. The van der Waals surface area contributed by atoms with Crippen LogP contribution in [-0.2, 0) is 5.54 Å². The first-order valence-electron chi connectivity index (χ1n) is 6.16. The summed E-state index contributed by atoms with van der Waals surface area (Å²) in [5.41, 5.74) is 7.45. The molecule has 0 amide bonds. The van der Waals surface area contributed by atoms with E-state index in [1.165, 1.54) is 6.42 Å².